The quantitative estimate of drug-likeness (QED) is 0.638. The molecule has 1 N–H and O–H groups in total. The average molecular weight is 425 g/mol. The van der Waals surface area contributed by atoms with Crippen molar-refractivity contribution in [1.29, 1.82) is 0 Å². The number of piperazine rings is 1. The largest absolute Gasteiger partial charge is 0.379 e. The number of amides is 1. The second kappa shape index (κ2) is 9.99. The van der Waals surface area contributed by atoms with Gasteiger partial charge in [0, 0.05) is 51.4 Å². The van der Waals surface area contributed by atoms with Crippen molar-refractivity contribution in [3.05, 3.63) is 29.3 Å². The van der Waals surface area contributed by atoms with E-state index in [0.717, 1.165) is 44.7 Å². The van der Waals surface area contributed by atoms with Gasteiger partial charge in [0.25, 0.3) is 5.91 Å². The molecule has 0 aromatic heterocycles. The Labute approximate surface area is 173 Å². The maximum absolute atomic E-state index is 12.9. The standard InChI is InChI=1S/C20H32N4O4S/c1-17-4-5-18(29(26,27)24-12-14-28-15-13-24)16-19(17)20(25)21-6-3-7-23-10-8-22(2)9-11-23/h4-5,16H,3,6-15H2,1-2H3,(H,21,25). The fourth-order valence-corrected chi connectivity index (χ4v) is 5.05. The molecule has 0 aliphatic carbocycles. The number of carbonyl (C=O) groups is 1. The van der Waals surface area contributed by atoms with Crippen LogP contribution in [-0.2, 0) is 14.8 Å². The Morgan fingerprint density at radius 1 is 1.10 bits per heavy atom. The summed E-state index contributed by atoms with van der Waals surface area (Å²) in [6.07, 6.45) is 0.875. The van der Waals surface area contributed by atoms with Gasteiger partial charge in [-0.3, -0.25) is 4.79 Å². The van der Waals surface area contributed by atoms with Crippen LogP contribution in [0.15, 0.2) is 23.1 Å². The minimum atomic E-state index is -3.62. The average Bonchev–Trinajstić information content (AvgIpc) is 2.73. The molecular weight excluding hydrogens is 392 g/mol. The van der Waals surface area contributed by atoms with E-state index in [1.807, 2.05) is 6.92 Å². The van der Waals surface area contributed by atoms with Crippen LogP contribution in [0, 0.1) is 6.92 Å². The molecule has 0 radical (unpaired) electrons. The number of nitrogens with one attached hydrogen (secondary N) is 1. The number of likely N-dealkylation sites (N-methyl/N-ethyl adjacent to an activating group) is 1. The molecular formula is C20H32N4O4S. The van der Waals surface area contributed by atoms with Gasteiger partial charge < -0.3 is 19.9 Å². The highest BCUT2D eigenvalue weighted by Crippen LogP contribution is 2.20. The number of nitrogens with zero attached hydrogens (tertiary/aromatic N) is 3. The number of ether oxygens (including phenoxy) is 1. The Morgan fingerprint density at radius 2 is 1.79 bits per heavy atom. The van der Waals surface area contributed by atoms with Crippen LogP contribution in [0.25, 0.3) is 0 Å². The lowest BCUT2D eigenvalue weighted by atomic mass is 10.1. The normalized spacial score (nSPS) is 19.9. The maximum atomic E-state index is 12.9. The van der Waals surface area contributed by atoms with Crippen LogP contribution in [0.4, 0.5) is 0 Å². The highest BCUT2D eigenvalue weighted by atomic mass is 32.2. The molecule has 0 bridgehead atoms. The van der Waals surface area contributed by atoms with E-state index in [1.165, 1.54) is 10.4 Å². The Kier molecular flexibility index (Phi) is 7.64. The lowest BCUT2D eigenvalue weighted by Gasteiger charge is -2.32. The number of carbonyl (C=O) groups excluding carboxylic acids is 1. The summed E-state index contributed by atoms with van der Waals surface area (Å²) in [5.74, 6) is -0.222. The topological polar surface area (TPSA) is 82.2 Å². The third-order valence-electron chi connectivity index (χ3n) is 5.59. The van der Waals surface area contributed by atoms with Gasteiger partial charge in [0.05, 0.1) is 18.1 Å². The summed E-state index contributed by atoms with van der Waals surface area (Å²) in [5, 5.41) is 2.94. The van der Waals surface area contributed by atoms with Crippen LogP contribution in [-0.4, -0.2) is 101 Å². The van der Waals surface area contributed by atoms with Crippen LogP contribution in [0.3, 0.4) is 0 Å². The molecule has 0 saturated carbocycles. The van der Waals surface area contributed by atoms with E-state index in [4.69, 9.17) is 4.74 Å². The summed E-state index contributed by atoms with van der Waals surface area (Å²) in [5.41, 5.74) is 1.18. The Morgan fingerprint density at radius 3 is 2.48 bits per heavy atom. The fourth-order valence-electron chi connectivity index (χ4n) is 3.61. The molecule has 162 valence electrons. The number of rotatable bonds is 7. The van der Waals surface area contributed by atoms with Crippen molar-refractivity contribution in [2.75, 3.05) is 72.6 Å². The van der Waals surface area contributed by atoms with E-state index < -0.39 is 10.0 Å². The number of hydrogen-bond acceptors (Lipinski definition) is 6. The number of sulfonamides is 1. The Hall–Kier alpha value is -1.52. The van der Waals surface area contributed by atoms with E-state index in [2.05, 4.69) is 22.2 Å². The molecule has 2 saturated heterocycles. The van der Waals surface area contributed by atoms with Gasteiger partial charge >= 0.3 is 0 Å². The molecule has 2 fully saturated rings. The SMILES string of the molecule is Cc1ccc(S(=O)(=O)N2CCOCC2)cc1C(=O)NCCCN1CCN(C)CC1. The molecule has 2 aliphatic rings. The predicted molar refractivity (Wildman–Crippen MR) is 112 cm³/mol. The van der Waals surface area contributed by atoms with Gasteiger partial charge in [0.15, 0.2) is 0 Å². The molecule has 0 atom stereocenters. The van der Waals surface area contributed by atoms with E-state index in [-0.39, 0.29) is 10.8 Å². The third kappa shape index (κ3) is 5.76. The lowest BCUT2D eigenvalue weighted by Crippen LogP contribution is -2.45. The molecule has 0 unspecified atom stereocenters. The smallest absolute Gasteiger partial charge is 0.251 e. The van der Waals surface area contributed by atoms with Crippen molar-refractivity contribution in [3.8, 4) is 0 Å². The van der Waals surface area contributed by atoms with Crippen molar-refractivity contribution in [1.82, 2.24) is 19.4 Å². The summed E-state index contributed by atoms with van der Waals surface area (Å²) < 4.78 is 32.4. The van der Waals surface area contributed by atoms with E-state index in [9.17, 15) is 13.2 Å². The van der Waals surface area contributed by atoms with Gasteiger partial charge in [-0.2, -0.15) is 4.31 Å². The van der Waals surface area contributed by atoms with Gasteiger partial charge in [0.1, 0.15) is 0 Å². The van der Waals surface area contributed by atoms with E-state index >= 15 is 0 Å². The predicted octanol–water partition coefficient (Wildman–Crippen LogP) is 0.383. The van der Waals surface area contributed by atoms with Crippen LogP contribution < -0.4 is 5.32 Å². The minimum absolute atomic E-state index is 0.160. The van der Waals surface area contributed by atoms with Crippen molar-refractivity contribution < 1.29 is 17.9 Å². The number of morpholine rings is 1. The zero-order valence-electron chi connectivity index (χ0n) is 17.4. The van der Waals surface area contributed by atoms with Gasteiger partial charge in [-0.1, -0.05) is 6.07 Å². The first-order valence-corrected chi connectivity index (χ1v) is 11.7. The van der Waals surface area contributed by atoms with Crippen LogP contribution in [0.5, 0.6) is 0 Å². The second-order valence-corrected chi connectivity index (χ2v) is 9.69. The number of hydrogen-bond donors (Lipinski definition) is 1. The van der Waals surface area contributed by atoms with Crippen LogP contribution in [0.2, 0.25) is 0 Å². The zero-order valence-corrected chi connectivity index (χ0v) is 18.2. The molecule has 9 heteroatoms. The summed E-state index contributed by atoms with van der Waals surface area (Å²) >= 11 is 0. The summed E-state index contributed by atoms with van der Waals surface area (Å²) in [4.78, 5) is 17.5. The van der Waals surface area contributed by atoms with Gasteiger partial charge in [0.2, 0.25) is 10.0 Å². The van der Waals surface area contributed by atoms with Gasteiger partial charge in [-0.15, -0.1) is 0 Å². The molecule has 0 spiro atoms. The Balaban J connectivity index is 1.56. The molecule has 1 amide bonds. The van der Waals surface area contributed by atoms with Crippen molar-refractivity contribution in [2.24, 2.45) is 0 Å². The highest BCUT2D eigenvalue weighted by Gasteiger charge is 2.27. The van der Waals surface area contributed by atoms with E-state index in [1.54, 1.807) is 12.1 Å². The first kappa shape index (κ1) is 22.2. The molecule has 8 nitrogen and oxygen atoms in total. The summed E-state index contributed by atoms with van der Waals surface area (Å²) in [7, 11) is -1.48. The van der Waals surface area contributed by atoms with Crippen molar-refractivity contribution >= 4 is 15.9 Å². The molecule has 1 aromatic rings. The first-order valence-electron chi connectivity index (χ1n) is 10.3. The third-order valence-corrected chi connectivity index (χ3v) is 7.49. The molecule has 2 heterocycles. The monoisotopic (exact) mass is 424 g/mol. The van der Waals surface area contributed by atoms with Crippen molar-refractivity contribution in [2.45, 2.75) is 18.2 Å². The fraction of sp³-hybridized carbons (Fsp3) is 0.650. The number of aryl methyl sites for hydroxylation is 1. The molecule has 2 aliphatic heterocycles. The van der Waals surface area contributed by atoms with E-state index in [0.29, 0.717) is 38.4 Å². The maximum Gasteiger partial charge on any atom is 0.251 e. The van der Waals surface area contributed by atoms with Crippen LogP contribution >= 0.6 is 0 Å². The summed E-state index contributed by atoms with van der Waals surface area (Å²) in [6, 6.07) is 4.77. The zero-order chi connectivity index (χ0) is 20.9. The van der Waals surface area contributed by atoms with Gasteiger partial charge in [-0.25, -0.2) is 8.42 Å². The molecule has 29 heavy (non-hydrogen) atoms. The lowest BCUT2D eigenvalue weighted by molar-refractivity contribution is 0.0730. The highest BCUT2D eigenvalue weighted by molar-refractivity contribution is 7.89. The molecule has 1 aromatic carbocycles. The molecule has 3 rings (SSSR count). The van der Waals surface area contributed by atoms with Crippen LogP contribution in [0.1, 0.15) is 22.3 Å². The second-order valence-electron chi connectivity index (χ2n) is 7.75. The summed E-state index contributed by atoms with van der Waals surface area (Å²) in [6.45, 7) is 9.10. The number of benzene rings is 1. The van der Waals surface area contributed by atoms with Gasteiger partial charge in [-0.05, 0) is 44.6 Å². The van der Waals surface area contributed by atoms with Crippen molar-refractivity contribution in [3.63, 3.8) is 0 Å². The Bertz CT molecular complexity index is 801. The minimum Gasteiger partial charge on any atom is -0.379 e. The first-order chi connectivity index (χ1) is 13.9.